The first-order valence-electron chi connectivity index (χ1n) is 11.0. The fourth-order valence-electron chi connectivity index (χ4n) is 3.91. The highest BCUT2D eigenvalue weighted by Crippen LogP contribution is 2.22. The van der Waals surface area contributed by atoms with Gasteiger partial charge in [-0.15, -0.1) is 0 Å². The minimum absolute atomic E-state index is 0.0682. The average Bonchev–Trinajstić information content (AvgIpc) is 3.14. The molecule has 178 valence electrons. The maximum Gasteiger partial charge on any atom is 0.409 e. The van der Waals surface area contributed by atoms with Gasteiger partial charge >= 0.3 is 6.09 Å². The molecule has 2 amide bonds. The molecule has 4 rings (SSSR count). The predicted octanol–water partition coefficient (Wildman–Crippen LogP) is 3.01. The number of carbonyl (C=O) groups excluding carboxylic acids is 2. The minimum atomic E-state index is -0.505. The van der Waals surface area contributed by atoms with Crippen LogP contribution in [0.3, 0.4) is 0 Å². The molecule has 0 atom stereocenters. The number of hydrogen-bond donors (Lipinski definition) is 1. The molecule has 11 nitrogen and oxygen atoms in total. The Morgan fingerprint density at radius 3 is 2.47 bits per heavy atom. The van der Waals surface area contributed by atoms with Crippen molar-refractivity contribution in [2.24, 2.45) is 7.05 Å². The number of imidazole rings is 1. The van der Waals surface area contributed by atoms with Crippen LogP contribution in [-0.4, -0.2) is 69.1 Å². The van der Waals surface area contributed by atoms with Crippen molar-refractivity contribution in [2.75, 3.05) is 38.1 Å². The monoisotopic (exact) mass is 466 g/mol. The van der Waals surface area contributed by atoms with Crippen molar-refractivity contribution in [3.05, 3.63) is 64.0 Å². The van der Waals surface area contributed by atoms with Crippen LogP contribution in [0.2, 0.25) is 0 Å². The van der Waals surface area contributed by atoms with E-state index in [-0.39, 0.29) is 17.7 Å². The number of anilines is 1. The molecule has 1 fully saturated rings. The Labute approximate surface area is 196 Å². The summed E-state index contributed by atoms with van der Waals surface area (Å²) in [5, 5.41) is 13.6. The second kappa shape index (κ2) is 9.87. The number of benzene rings is 2. The molecular formula is C23H26N6O5. The molecule has 34 heavy (non-hydrogen) atoms. The highest BCUT2D eigenvalue weighted by Gasteiger charge is 2.23. The number of hydrogen-bond acceptors (Lipinski definition) is 7. The molecular weight excluding hydrogens is 440 g/mol. The standard InChI is InChI=1S/C23H26N6O5/c1-3-34-23(31)28-12-10-27(11-13-28)15-21-25-19-14-17(6-9-20(19)26(21)2)24-22(30)16-4-7-18(8-5-16)29(32)33/h4-9,14H,3,10-13,15H2,1-2H3,(H,24,30). The van der Waals surface area contributed by atoms with Crippen molar-refractivity contribution in [3.8, 4) is 0 Å². The summed E-state index contributed by atoms with van der Waals surface area (Å²) in [6, 6.07) is 11.0. The van der Waals surface area contributed by atoms with Gasteiger partial charge in [-0.25, -0.2) is 9.78 Å². The second-order valence-electron chi connectivity index (χ2n) is 8.01. The fourth-order valence-corrected chi connectivity index (χ4v) is 3.91. The Bertz CT molecular complexity index is 1210. The molecule has 2 aromatic carbocycles. The number of nitro groups is 1. The van der Waals surface area contributed by atoms with Crippen LogP contribution in [-0.2, 0) is 18.3 Å². The first kappa shape index (κ1) is 23.2. The van der Waals surface area contributed by atoms with Crippen LogP contribution in [0.5, 0.6) is 0 Å². The Morgan fingerprint density at radius 1 is 1.12 bits per heavy atom. The Hall–Kier alpha value is -3.99. The van der Waals surface area contributed by atoms with Gasteiger partial charge in [-0.1, -0.05) is 0 Å². The van der Waals surface area contributed by atoms with Gasteiger partial charge in [-0.05, 0) is 37.3 Å². The van der Waals surface area contributed by atoms with Gasteiger partial charge in [0.2, 0.25) is 0 Å². The van der Waals surface area contributed by atoms with Gasteiger partial charge in [-0.2, -0.15) is 0 Å². The summed E-state index contributed by atoms with van der Waals surface area (Å²) >= 11 is 0. The van der Waals surface area contributed by atoms with Crippen molar-refractivity contribution in [1.29, 1.82) is 0 Å². The SMILES string of the molecule is CCOC(=O)N1CCN(Cc2nc3cc(NC(=O)c4ccc([N+](=O)[O-])cc4)ccc3n2C)CC1. The van der Waals surface area contributed by atoms with Gasteiger partial charge in [0, 0.05) is 56.6 Å². The number of amides is 2. The molecule has 1 N–H and O–H groups in total. The van der Waals surface area contributed by atoms with Gasteiger partial charge in [-0.3, -0.25) is 19.8 Å². The van der Waals surface area contributed by atoms with Crippen LogP contribution in [0.15, 0.2) is 42.5 Å². The quantitative estimate of drug-likeness (QED) is 0.438. The number of non-ortho nitro benzene ring substituents is 1. The maximum absolute atomic E-state index is 12.5. The first-order chi connectivity index (χ1) is 16.4. The number of ether oxygens (including phenoxy) is 1. The number of nitro benzene ring substituents is 1. The molecule has 0 unspecified atom stereocenters. The maximum atomic E-state index is 12.5. The third kappa shape index (κ3) is 4.99. The number of fused-ring (bicyclic) bond motifs is 1. The van der Waals surface area contributed by atoms with Gasteiger partial charge < -0.3 is 19.5 Å². The number of aryl methyl sites for hydroxylation is 1. The molecule has 0 bridgehead atoms. The van der Waals surface area contributed by atoms with E-state index in [1.165, 1.54) is 24.3 Å². The molecule has 2 heterocycles. The van der Waals surface area contributed by atoms with Crippen LogP contribution < -0.4 is 5.32 Å². The van der Waals surface area contributed by atoms with E-state index >= 15 is 0 Å². The smallest absolute Gasteiger partial charge is 0.409 e. The van der Waals surface area contributed by atoms with Crippen LogP contribution in [0, 0.1) is 10.1 Å². The molecule has 0 aliphatic carbocycles. The molecule has 0 spiro atoms. The summed E-state index contributed by atoms with van der Waals surface area (Å²) in [5.41, 5.74) is 2.54. The van der Waals surface area contributed by atoms with Crippen molar-refractivity contribution < 1.29 is 19.2 Å². The number of aromatic nitrogens is 2. The number of nitrogens with zero attached hydrogens (tertiary/aromatic N) is 5. The summed E-state index contributed by atoms with van der Waals surface area (Å²) in [6.45, 7) is 5.51. The molecule has 1 aliphatic rings. The van der Waals surface area contributed by atoms with Crippen LogP contribution >= 0.6 is 0 Å². The lowest BCUT2D eigenvalue weighted by atomic mass is 10.2. The summed E-state index contributed by atoms with van der Waals surface area (Å²) in [5.74, 6) is 0.531. The lowest BCUT2D eigenvalue weighted by Crippen LogP contribution is -2.48. The zero-order chi connectivity index (χ0) is 24.2. The van der Waals surface area contributed by atoms with Gasteiger partial charge in [0.05, 0.1) is 29.1 Å². The number of piperazine rings is 1. The first-order valence-corrected chi connectivity index (χ1v) is 11.0. The van der Waals surface area contributed by atoms with Gasteiger partial charge in [0.25, 0.3) is 11.6 Å². The summed E-state index contributed by atoms with van der Waals surface area (Å²) < 4.78 is 7.09. The minimum Gasteiger partial charge on any atom is -0.450 e. The number of rotatable bonds is 6. The molecule has 11 heteroatoms. The Morgan fingerprint density at radius 2 is 1.82 bits per heavy atom. The molecule has 1 aromatic heterocycles. The topological polar surface area (TPSA) is 123 Å². The van der Waals surface area contributed by atoms with E-state index in [1.807, 2.05) is 17.7 Å². The molecule has 0 saturated carbocycles. The van der Waals surface area contributed by atoms with E-state index < -0.39 is 4.92 Å². The van der Waals surface area contributed by atoms with Gasteiger partial charge in [0.15, 0.2) is 0 Å². The highest BCUT2D eigenvalue weighted by atomic mass is 16.6. The third-order valence-corrected chi connectivity index (χ3v) is 5.83. The number of nitrogens with one attached hydrogen (secondary N) is 1. The van der Waals surface area contributed by atoms with E-state index in [9.17, 15) is 19.7 Å². The molecule has 3 aromatic rings. The van der Waals surface area contributed by atoms with Crippen LogP contribution in [0.4, 0.5) is 16.2 Å². The lowest BCUT2D eigenvalue weighted by Gasteiger charge is -2.33. The summed E-state index contributed by atoms with van der Waals surface area (Å²) in [6.07, 6.45) is -0.270. The average molecular weight is 466 g/mol. The van der Waals surface area contributed by atoms with Crippen molar-refractivity contribution in [1.82, 2.24) is 19.4 Å². The lowest BCUT2D eigenvalue weighted by molar-refractivity contribution is -0.384. The third-order valence-electron chi connectivity index (χ3n) is 5.83. The van der Waals surface area contributed by atoms with E-state index in [0.29, 0.717) is 37.5 Å². The number of carbonyl (C=O) groups is 2. The molecule has 0 radical (unpaired) electrons. The predicted molar refractivity (Wildman–Crippen MR) is 126 cm³/mol. The van der Waals surface area contributed by atoms with Crippen LogP contribution in [0.1, 0.15) is 23.1 Å². The Balaban J connectivity index is 1.41. The Kier molecular flexibility index (Phi) is 6.73. The molecule has 1 saturated heterocycles. The largest absolute Gasteiger partial charge is 0.450 e. The fraction of sp³-hybridized carbons (Fsp3) is 0.348. The second-order valence-corrected chi connectivity index (χ2v) is 8.01. The van der Waals surface area contributed by atoms with E-state index in [1.54, 1.807) is 24.0 Å². The molecule has 1 aliphatic heterocycles. The van der Waals surface area contributed by atoms with E-state index in [2.05, 4.69) is 10.2 Å². The summed E-state index contributed by atoms with van der Waals surface area (Å²) in [4.78, 5) is 43.4. The summed E-state index contributed by atoms with van der Waals surface area (Å²) in [7, 11) is 1.95. The van der Waals surface area contributed by atoms with Crippen LogP contribution in [0.25, 0.3) is 11.0 Å². The van der Waals surface area contributed by atoms with E-state index in [0.717, 1.165) is 29.9 Å². The van der Waals surface area contributed by atoms with Gasteiger partial charge in [0.1, 0.15) is 5.82 Å². The van der Waals surface area contributed by atoms with Crippen molar-refractivity contribution >= 4 is 34.4 Å². The zero-order valence-electron chi connectivity index (χ0n) is 19.1. The highest BCUT2D eigenvalue weighted by molar-refractivity contribution is 6.05. The zero-order valence-corrected chi connectivity index (χ0v) is 19.1. The normalized spacial score (nSPS) is 14.2. The van der Waals surface area contributed by atoms with E-state index in [4.69, 9.17) is 9.72 Å². The van der Waals surface area contributed by atoms with Crippen molar-refractivity contribution in [3.63, 3.8) is 0 Å². The van der Waals surface area contributed by atoms with Crippen molar-refractivity contribution in [2.45, 2.75) is 13.5 Å².